The van der Waals surface area contributed by atoms with Gasteiger partial charge in [-0.2, -0.15) is 9.61 Å². The summed E-state index contributed by atoms with van der Waals surface area (Å²) in [7, 11) is 0. The second-order valence-corrected chi connectivity index (χ2v) is 6.83. The van der Waals surface area contributed by atoms with Crippen molar-refractivity contribution in [2.24, 2.45) is 0 Å². The number of halogens is 2. The molecule has 3 aromatic heterocycles. The lowest BCUT2D eigenvalue weighted by Crippen LogP contribution is -1.91. The van der Waals surface area contributed by atoms with Crippen molar-refractivity contribution in [3.05, 3.63) is 52.2 Å². The van der Waals surface area contributed by atoms with Crippen LogP contribution < -0.4 is 0 Å². The maximum atomic E-state index is 5.92. The molecule has 108 valence electrons. The van der Waals surface area contributed by atoms with Gasteiger partial charge >= 0.3 is 0 Å². The topological polar surface area (TPSA) is 56.0 Å². The van der Waals surface area contributed by atoms with Gasteiger partial charge < -0.3 is 0 Å². The highest BCUT2D eigenvalue weighted by Gasteiger charge is 2.14. The zero-order valence-corrected chi connectivity index (χ0v) is 14.1. The van der Waals surface area contributed by atoms with Crippen molar-refractivity contribution in [3.8, 4) is 22.0 Å². The minimum atomic E-state index is 0.684. The maximum absolute atomic E-state index is 5.92. The molecule has 0 aliphatic heterocycles. The summed E-state index contributed by atoms with van der Waals surface area (Å²) >= 11 is 10.8. The van der Waals surface area contributed by atoms with Crippen LogP contribution in [0.15, 0.2) is 47.2 Å². The number of pyridine rings is 1. The Hall–Kier alpha value is -1.83. The molecule has 0 fully saturated rings. The molecule has 4 aromatic rings. The Labute approximate surface area is 142 Å². The average Bonchev–Trinajstić information content (AvgIpc) is 3.08. The quantitative estimate of drug-likeness (QED) is 0.509. The summed E-state index contributed by atoms with van der Waals surface area (Å²) in [6, 6.07) is 9.42. The molecule has 0 saturated carbocycles. The molecular weight excluding hydrogens is 386 g/mol. The van der Waals surface area contributed by atoms with Gasteiger partial charge in [0.2, 0.25) is 4.96 Å². The minimum Gasteiger partial charge on any atom is -0.263 e. The Bertz CT molecular complexity index is 963. The van der Waals surface area contributed by atoms with Crippen molar-refractivity contribution >= 4 is 43.8 Å². The van der Waals surface area contributed by atoms with Crippen molar-refractivity contribution < 1.29 is 0 Å². The molecule has 0 bridgehead atoms. The largest absolute Gasteiger partial charge is 0.263 e. The molecule has 22 heavy (non-hydrogen) atoms. The number of fused-ring (bicyclic) bond motifs is 1. The van der Waals surface area contributed by atoms with E-state index in [0.717, 1.165) is 25.6 Å². The molecule has 0 aliphatic rings. The Kier molecular flexibility index (Phi) is 3.40. The Balaban J connectivity index is 1.84. The summed E-state index contributed by atoms with van der Waals surface area (Å²) in [5.74, 6) is 0.692. The predicted molar refractivity (Wildman–Crippen MR) is 90.0 cm³/mol. The standard InChI is InChI=1S/C14H7BrClN5S/c15-10-5-9(6-17-7-10)13-20-21-12(18-19-14(21)22-13)8-1-3-11(16)4-2-8/h1-7H. The van der Waals surface area contributed by atoms with Gasteiger partial charge in [-0.1, -0.05) is 22.9 Å². The number of hydrogen-bond donors (Lipinski definition) is 0. The average molecular weight is 393 g/mol. The fourth-order valence-electron chi connectivity index (χ4n) is 2.04. The van der Waals surface area contributed by atoms with Gasteiger partial charge in [-0.15, -0.1) is 10.2 Å². The zero-order valence-electron chi connectivity index (χ0n) is 10.9. The van der Waals surface area contributed by atoms with Crippen LogP contribution in [0.2, 0.25) is 5.02 Å². The first-order chi connectivity index (χ1) is 10.7. The van der Waals surface area contributed by atoms with Gasteiger partial charge in [0.15, 0.2) is 5.82 Å². The van der Waals surface area contributed by atoms with Gasteiger partial charge in [0.05, 0.1) is 0 Å². The predicted octanol–water partition coefficient (Wildman–Crippen LogP) is 4.33. The summed E-state index contributed by atoms with van der Waals surface area (Å²) < 4.78 is 2.65. The van der Waals surface area contributed by atoms with E-state index in [9.17, 15) is 0 Å². The number of rotatable bonds is 2. The van der Waals surface area contributed by atoms with Crippen LogP contribution in [0.1, 0.15) is 0 Å². The third-order valence-electron chi connectivity index (χ3n) is 3.05. The molecular formula is C14H7BrClN5S. The number of benzene rings is 1. The first kappa shape index (κ1) is 13.8. The third-order valence-corrected chi connectivity index (χ3v) is 4.68. The molecule has 0 aliphatic carbocycles. The highest BCUT2D eigenvalue weighted by molar-refractivity contribution is 9.10. The van der Waals surface area contributed by atoms with Crippen LogP contribution in [0.4, 0.5) is 0 Å². The minimum absolute atomic E-state index is 0.684. The molecule has 0 saturated heterocycles. The lowest BCUT2D eigenvalue weighted by atomic mass is 10.2. The van der Waals surface area contributed by atoms with E-state index >= 15 is 0 Å². The van der Waals surface area contributed by atoms with E-state index in [1.54, 1.807) is 16.9 Å². The van der Waals surface area contributed by atoms with Crippen molar-refractivity contribution in [1.29, 1.82) is 0 Å². The van der Waals surface area contributed by atoms with E-state index in [1.807, 2.05) is 30.3 Å². The van der Waals surface area contributed by atoms with Crippen molar-refractivity contribution in [1.82, 2.24) is 24.8 Å². The second-order valence-electron chi connectivity index (χ2n) is 4.52. The van der Waals surface area contributed by atoms with Gasteiger partial charge in [0, 0.05) is 33.0 Å². The maximum Gasteiger partial charge on any atom is 0.235 e. The second kappa shape index (κ2) is 5.42. The van der Waals surface area contributed by atoms with Crippen LogP contribution in [-0.2, 0) is 0 Å². The third kappa shape index (κ3) is 2.41. The SMILES string of the molecule is Clc1ccc(-c2nnc3sc(-c4cncc(Br)c4)nn23)cc1. The zero-order chi connectivity index (χ0) is 15.1. The molecule has 4 rings (SSSR count). The first-order valence-electron chi connectivity index (χ1n) is 6.30. The van der Waals surface area contributed by atoms with Crippen LogP contribution in [0.25, 0.3) is 26.9 Å². The highest BCUT2D eigenvalue weighted by atomic mass is 79.9. The van der Waals surface area contributed by atoms with E-state index in [4.69, 9.17) is 11.6 Å². The van der Waals surface area contributed by atoms with E-state index in [1.165, 1.54) is 11.3 Å². The van der Waals surface area contributed by atoms with Crippen LogP contribution in [0.5, 0.6) is 0 Å². The number of hydrogen-bond acceptors (Lipinski definition) is 5. The Morgan fingerprint density at radius 3 is 2.64 bits per heavy atom. The number of aromatic nitrogens is 5. The first-order valence-corrected chi connectivity index (χ1v) is 8.28. The number of nitrogens with zero attached hydrogens (tertiary/aromatic N) is 5. The molecule has 0 spiro atoms. The summed E-state index contributed by atoms with van der Waals surface area (Å²) in [5, 5.41) is 14.5. The molecule has 0 radical (unpaired) electrons. The lowest BCUT2D eigenvalue weighted by Gasteiger charge is -1.97. The van der Waals surface area contributed by atoms with Crippen LogP contribution in [0.3, 0.4) is 0 Å². The molecule has 0 atom stereocenters. The summed E-state index contributed by atoms with van der Waals surface area (Å²) in [6.45, 7) is 0. The van der Waals surface area contributed by atoms with Crippen LogP contribution in [0, 0.1) is 0 Å². The molecule has 0 amide bonds. The summed E-state index contributed by atoms with van der Waals surface area (Å²) in [4.78, 5) is 4.90. The molecule has 3 heterocycles. The normalized spacial score (nSPS) is 11.2. The van der Waals surface area contributed by atoms with E-state index in [-0.39, 0.29) is 0 Å². The van der Waals surface area contributed by atoms with Crippen molar-refractivity contribution in [2.75, 3.05) is 0 Å². The highest BCUT2D eigenvalue weighted by Crippen LogP contribution is 2.29. The van der Waals surface area contributed by atoms with Gasteiger partial charge in [0.25, 0.3) is 0 Å². The molecule has 8 heteroatoms. The van der Waals surface area contributed by atoms with E-state index in [2.05, 4.69) is 36.2 Å². The van der Waals surface area contributed by atoms with E-state index in [0.29, 0.717) is 10.8 Å². The fourth-order valence-corrected chi connectivity index (χ4v) is 3.35. The van der Waals surface area contributed by atoms with Gasteiger partial charge in [0.1, 0.15) is 5.01 Å². The molecule has 0 N–H and O–H groups in total. The summed E-state index contributed by atoms with van der Waals surface area (Å²) in [6.07, 6.45) is 3.52. The van der Waals surface area contributed by atoms with Gasteiger partial charge in [-0.25, -0.2) is 0 Å². The molecule has 5 nitrogen and oxygen atoms in total. The van der Waals surface area contributed by atoms with Gasteiger partial charge in [-0.05, 0) is 46.3 Å². The molecule has 0 unspecified atom stereocenters. The fraction of sp³-hybridized carbons (Fsp3) is 0. The van der Waals surface area contributed by atoms with E-state index < -0.39 is 0 Å². The van der Waals surface area contributed by atoms with Gasteiger partial charge in [-0.3, -0.25) is 4.98 Å². The Morgan fingerprint density at radius 2 is 1.86 bits per heavy atom. The Morgan fingerprint density at radius 1 is 1.05 bits per heavy atom. The lowest BCUT2D eigenvalue weighted by molar-refractivity contribution is 0.970. The smallest absolute Gasteiger partial charge is 0.235 e. The molecule has 1 aromatic carbocycles. The van der Waals surface area contributed by atoms with Crippen LogP contribution >= 0.6 is 38.9 Å². The van der Waals surface area contributed by atoms with Crippen molar-refractivity contribution in [3.63, 3.8) is 0 Å². The summed E-state index contributed by atoms with van der Waals surface area (Å²) in [5.41, 5.74) is 1.85. The van der Waals surface area contributed by atoms with Crippen molar-refractivity contribution in [2.45, 2.75) is 0 Å². The monoisotopic (exact) mass is 391 g/mol. The van der Waals surface area contributed by atoms with Crippen LogP contribution in [-0.4, -0.2) is 24.8 Å².